The van der Waals surface area contributed by atoms with E-state index in [9.17, 15) is 4.79 Å². The van der Waals surface area contributed by atoms with E-state index in [1.54, 1.807) is 0 Å². The summed E-state index contributed by atoms with van der Waals surface area (Å²) in [6, 6.07) is 0. The smallest absolute Gasteiger partial charge is 0.310 e. The van der Waals surface area contributed by atoms with E-state index < -0.39 is 0 Å². The van der Waals surface area contributed by atoms with Gasteiger partial charge < -0.3 is 19.7 Å². The van der Waals surface area contributed by atoms with Gasteiger partial charge in [0, 0.05) is 33.3 Å². The molecular formula is C21H40IN3O3. The van der Waals surface area contributed by atoms with Crippen LogP contribution in [0.1, 0.15) is 71.1 Å². The molecule has 0 amide bonds. The number of aliphatic imine (C=N–C) groups is 1. The first kappa shape index (κ1) is 25.5. The Morgan fingerprint density at radius 2 is 1.89 bits per heavy atom. The molecule has 164 valence electrons. The van der Waals surface area contributed by atoms with Gasteiger partial charge in [0.25, 0.3) is 0 Å². The summed E-state index contributed by atoms with van der Waals surface area (Å²) in [5, 5.41) is 3.45. The number of carbonyl (C=O) groups is 1. The van der Waals surface area contributed by atoms with Crippen LogP contribution in [0.15, 0.2) is 4.99 Å². The van der Waals surface area contributed by atoms with Crippen molar-refractivity contribution < 1.29 is 14.3 Å². The van der Waals surface area contributed by atoms with Crippen LogP contribution in [0.2, 0.25) is 0 Å². The molecule has 1 heterocycles. The number of ether oxygens (including phenoxy) is 2. The first-order valence-electron chi connectivity index (χ1n) is 11.0. The van der Waals surface area contributed by atoms with Gasteiger partial charge in [-0.15, -0.1) is 24.0 Å². The molecule has 1 N–H and O–H groups in total. The summed E-state index contributed by atoms with van der Waals surface area (Å²) in [5.74, 6) is 0.798. The van der Waals surface area contributed by atoms with Crippen molar-refractivity contribution in [3.8, 4) is 0 Å². The average molecular weight is 509 g/mol. The molecule has 28 heavy (non-hydrogen) atoms. The molecule has 0 spiro atoms. The molecule has 1 saturated carbocycles. The minimum Gasteiger partial charge on any atom is -0.466 e. The number of rotatable bonds is 9. The Morgan fingerprint density at radius 3 is 2.61 bits per heavy atom. The van der Waals surface area contributed by atoms with Crippen molar-refractivity contribution >= 4 is 35.9 Å². The van der Waals surface area contributed by atoms with Crippen LogP contribution in [0.25, 0.3) is 0 Å². The third-order valence-corrected chi connectivity index (χ3v) is 5.56. The lowest BCUT2D eigenvalue weighted by Crippen LogP contribution is -2.48. The zero-order valence-electron chi connectivity index (χ0n) is 17.8. The molecule has 7 heteroatoms. The lowest BCUT2D eigenvalue weighted by molar-refractivity contribution is -0.149. The molecule has 2 rings (SSSR count). The number of unbranched alkanes of at least 4 members (excludes halogenated alkanes) is 2. The first-order valence-corrected chi connectivity index (χ1v) is 11.0. The third kappa shape index (κ3) is 9.29. The van der Waals surface area contributed by atoms with Gasteiger partial charge in [-0.25, -0.2) is 0 Å². The van der Waals surface area contributed by atoms with Crippen LogP contribution < -0.4 is 5.32 Å². The quantitative estimate of drug-likeness (QED) is 0.168. The largest absolute Gasteiger partial charge is 0.466 e. The second-order valence-electron chi connectivity index (χ2n) is 7.70. The molecule has 1 saturated heterocycles. The van der Waals surface area contributed by atoms with Crippen LogP contribution in [-0.4, -0.2) is 62.8 Å². The van der Waals surface area contributed by atoms with Gasteiger partial charge in [0.2, 0.25) is 0 Å². The van der Waals surface area contributed by atoms with Gasteiger partial charge in [-0.1, -0.05) is 19.3 Å². The van der Waals surface area contributed by atoms with E-state index in [0.29, 0.717) is 19.3 Å². The molecular weight excluding hydrogens is 469 g/mol. The van der Waals surface area contributed by atoms with Crippen LogP contribution in [-0.2, 0) is 14.3 Å². The van der Waals surface area contributed by atoms with E-state index in [2.05, 4.69) is 15.2 Å². The fourth-order valence-electron chi connectivity index (χ4n) is 4.04. The fourth-order valence-corrected chi connectivity index (χ4v) is 4.04. The van der Waals surface area contributed by atoms with Gasteiger partial charge in [-0.2, -0.15) is 0 Å². The topological polar surface area (TPSA) is 63.2 Å². The Bertz CT molecular complexity index is 456. The minimum atomic E-state index is -0.0735. The fraction of sp³-hybridized carbons (Fsp3) is 0.905. The number of hydrogen-bond donors (Lipinski definition) is 1. The van der Waals surface area contributed by atoms with E-state index in [-0.39, 0.29) is 35.9 Å². The summed E-state index contributed by atoms with van der Waals surface area (Å²) in [7, 11) is 1.81. The van der Waals surface area contributed by atoms with Crippen molar-refractivity contribution in [3.63, 3.8) is 0 Å². The van der Waals surface area contributed by atoms with Gasteiger partial charge in [-0.05, 0) is 51.9 Å². The number of guanidine groups is 1. The second kappa shape index (κ2) is 15.3. The Kier molecular flexibility index (Phi) is 13.9. The molecule has 0 aromatic heterocycles. The van der Waals surface area contributed by atoms with Gasteiger partial charge >= 0.3 is 5.97 Å². The van der Waals surface area contributed by atoms with Gasteiger partial charge in [-0.3, -0.25) is 9.79 Å². The van der Waals surface area contributed by atoms with Crippen LogP contribution >= 0.6 is 24.0 Å². The number of esters is 1. The molecule has 1 atom stereocenters. The molecule has 1 aliphatic heterocycles. The standard InChI is InChI=1S/C21H39N3O3.HI/c1-3-26-20(25)18-11-10-15-24(17-18)21(22-2)23-14-8-5-9-16-27-19-12-6-4-7-13-19;/h18-19H,3-17H2,1-2H3,(H,22,23);1H. The van der Waals surface area contributed by atoms with Crippen LogP contribution in [0.3, 0.4) is 0 Å². The Morgan fingerprint density at radius 1 is 1.11 bits per heavy atom. The molecule has 0 bridgehead atoms. The van der Waals surface area contributed by atoms with E-state index in [0.717, 1.165) is 51.3 Å². The van der Waals surface area contributed by atoms with E-state index in [4.69, 9.17) is 9.47 Å². The number of nitrogens with zero attached hydrogens (tertiary/aromatic N) is 2. The maximum Gasteiger partial charge on any atom is 0.310 e. The van der Waals surface area contributed by atoms with Crippen molar-refractivity contribution in [1.29, 1.82) is 0 Å². The summed E-state index contributed by atoms with van der Waals surface area (Å²) in [5.41, 5.74) is 0. The molecule has 0 aromatic rings. The van der Waals surface area contributed by atoms with Crippen LogP contribution in [0.5, 0.6) is 0 Å². The maximum absolute atomic E-state index is 12.0. The lowest BCUT2D eigenvalue weighted by atomic mass is 9.98. The lowest BCUT2D eigenvalue weighted by Gasteiger charge is -2.34. The summed E-state index contributed by atoms with van der Waals surface area (Å²) in [6.07, 6.45) is 12.4. The van der Waals surface area contributed by atoms with Crippen molar-refractivity contribution in [2.75, 3.05) is 39.9 Å². The van der Waals surface area contributed by atoms with Crippen molar-refractivity contribution in [2.24, 2.45) is 10.9 Å². The molecule has 2 aliphatic rings. The van der Waals surface area contributed by atoms with Crippen molar-refractivity contribution in [2.45, 2.75) is 77.2 Å². The number of likely N-dealkylation sites (tertiary alicyclic amines) is 1. The number of hydrogen-bond acceptors (Lipinski definition) is 4. The molecule has 2 fully saturated rings. The molecule has 6 nitrogen and oxygen atoms in total. The van der Waals surface area contributed by atoms with E-state index in [1.165, 1.54) is 38.5 Å². The Labute approximate surface area is 188 Å². The number of carbonyl (C=O) groups excluding carboxylic acids is 1. The molecule has 0 aromatic carbocycles. The SMILES string of the molecule is CCOC(=O)C1CCCN(C(=NC)NCCCCCOC2CCCCC2)C1.I. The van der Waals surface area contributed by atoms with Crippen molar-refractivity contribution in [1.82, 2.24) is 10.2 Å². The summed E-state index contributed by atoms with van der Waals surface area (Å²) in [6.45, 7) is 5.77. The van der Waals surface area contributed by atoms with E-state index in [1.807, 2.05) is 14.0 Å². The Balaban J connectivity index is 0.00000392. The zero-order chi connectivity index (χ0) is 19.3. The first-order chi connectivity index (χ1) is 13.2. The molecule has 1 unspecified atom stereocenters. The van der Waals surface area contributed by atoms with Crippen molar-refractivity contribution in [3.05, 3.63) is 0 Å². The highest BCUT2D eigenvalue weighted by molar-refractivity contribution is 14.0. The summed E-state index contributed by atoms with van der Waals surface area (Å²) >= 11 is 0. The van der Waals surface area contributed by atoms with Gasteiger partial charge in [0.05, 0.1) is 18.6 Å². The highest BCUT2D eigenvalue weighted by Crippen LogP contribution is 2.20. The normalized spacial score (nSPS) is 21.1. The highest BCUT2D eigenvalue weighted by Gasteiger charge is 2.28. The maximum atomic E-state index is 12.0. The van der Waals surface area contributed by atoms with Crippen LogP contribution in [0.4, 0.5) is 0 Å². The predicted octanol–water partition coefficient (Wildman–Crippen LogP) is 3.97. The minimum absolute atomic E-state index is 0. The predicted molar refractivity (Wildman–Crippen MR) is 124 cm³/mol. The van der Waals surface area contributed by atoms with Gasteiger partial charge in [0.1, 0.15) is 0 Å². The Hall–Kier alpha value is -0.570. The third-order valence-electron chi connectivity index (χ3n) is 5.56. The average Bonchev–Trinajstić information content (AvgIpc) is 2.71. The molecule has 0 radical (unpaired) electrons. The van der Waals surface area contributed by atoms with Gasteiger partial charge in [0.15, 0.2) is 5.96 Å². The molecule has 1 aliphatic carbocycles. The zero-order valence-corrected chi connectivity index (χ0v) is 20.1. The van der Waals surface area contributed by atoms with E-state index >= 15 is 0 Å². The highest BCUT2D eigenvalue weighted by atomic mass is 127. The number of halogens is 1. The number of piperidine rings is 1. The number of nitrogens with one attached hydrogen (secondary N) is 1. The summed E-state index contributed by atoms with van der Waals surface area (Å²) in [4.78, 5) is 18.6. The second-order valence-corrected chi connectivity index (χ2v) is 7.70. The monoisotopic (exact) mass is 509 g/mol. The van der Waals surface area contributed by atoms with Crippen LogP contribution in [0, 0.1) is 5.92 Å². The summed E-state index contributed by atoms with van der Waals surface area (Å²) < 4.78 is 11.2.